The number of amides is 1. The Morgan fingerprint density at radius 2 is 1.84 bits per heavy atom. The molecular weight excluding hydrogens is 318 g/mol. The van der Waals surface area contributed by atoms with E-state index in [9.17, 15) is 4.79 Å². The molecule has 2 aromatic rings. The molecule has 1 aliphatic rings. The van der Waals surface area contributed by atoms with E-state index in [2.05, 4.69) is 30.2 Å². The average molecular weight is 341 g/mol. The van der Waals surface area contributed by atoms with E-state index >= 15 is 0 Å². The predicted octanol–water partition coefficient (Wildman–Crippen LogP) is 1.88. The van der Waals surface area contributed by atoms with Gasteiger partial charge in [0.15, 0.2) is 5.82 Å². The molecule has 0 aliphatic carbocycles. The van der Waals surface area contributed by atoms with Crippen LogP contribution in [0.3, 0.4) is 0 Å². The van der Waals surface area contributed by atoms with E-state index in [4.69, 9.17) is 0 Å². The van der Waals surface area contributed by atoms with Crippen LogP contribution in [0, 0.1) is 6.92 Å². The Balaban J connectivity index is 1.82. The van der Waals surface area contributed by atoms with Crippen molar-refractivity contribution >= 4 is 23.4 Å². The molecule has 0 spiro atoms. The normalized spacial score (nSPS) is 14.3. The van der Waals surface area contributed by atoms with Gasteiger partial charge in [-0.15, -0.1) is 0 Å². The summed E-state index contributed by atoms with van der Waals surface area (Å²) in [5, 5.41) is 2.83. The van der Waals surface area contributed by atoms with Crippen LogP contribution in [0.4, 0.5) is 17.5 Å². The number of piperidine rings is 1. The number of carbonyl (C=O) groups is 1. The highest BCUT2D eigenvalue weighted by molar-refractivity contribution is 6.04. The molecule has 0 saturated carbocycles. The lowest BCUT2D eigenvalue weighted by Crippen LogP contribution is -2.31. The molecule has 8 nitrogen and oxygen atoms in total. The van der Waals surface area contributed by atoms with Gasteiger partial charge in [-0.2, -0.15) is 4.98 Å². The van der Waals surface area contributed by atoms with Crippen molar-refractivity contribution < 1.29 is 4.79 Å². The minimum Gasteiger partial charge on any atom is -0.361 e. The van der Waals surface area contributed by atoms with Crippen LogP contribution in [-0.4, -0.2) is 53.0 Å². The van der Waals surface area contributed by atoms with Gasteiger partial charge >= 0.3 is 0 Å². The third kappa shape index (κ3) is 4.01. The average Bonchev–Trinajstić information content (AvgIpc) is 2.63. The van der Waals surface area contributed by atoms with Crippen LogP contribution in [0.5, 0.6) is 0 Å². The number of hydrogen-bond donors (Lipinski definition) is 1. The Hall–Kier alpha value is -2.77. The molecule has 1 N–H and O–H groups in total. The molecule has 0 atom stereocenters. The monoisotopic (exact) mass is 341 g/mol. The third-order valence-corrected chi connectivity index (χ3v) is 4.08. The van der Waals surface area contributed by atoms with Gasteiger partial charge in [0.1, 0.15) is 11.4 Å². The van der Waals surface area contributed by atoms with Crippen molar-refractivity contribution in [1.82, 2.24) is 19.9 Å². The Bertz CT molecular complexity index is 739. The molecule has 8 heteroatoms. The second-order valence-electron chi connectivity index (χ2n) is 6.35. The van der Waals surface area contributed by atoms with Gasteiger partial charge in [0, 0.05) is 33.4 Å². The van der Waals surface area contributed by atoms with Gasteiger partial charge in [0.05, 0.1) is 18.1 Å². The zero-order chi connectivity index (χ0) is 17.8. The maximum atomic E-state index is 12.4. The summed E-state index contributed by atoms with van der Waals surface area (Å²) in [5.74, 6) is 1.05. The number of aryl methyl sites for hydroxylation is 1. The van der Waals surface area contributed by atoms with E-state index in [1.807, 2.05) is 25.9 Å². The van der Waals surface area contributed by atoms with Crippen molar-refractivity contribution in [3.8, 4) is 0 Å². The Morgan fingerprint density at radius 3 is 2.48 bits per heavy atom. The van der Waals surface area contributed by atoms with Crippen LogP contribution < -0.4 is 15.1 Å². The fourth-order valence-electron chi connectivity index (χ4n) is 2.74. The number of nitrogens with zero attached hydrogens (tertiary/aromatic N) is 6. The van der Waals surface area contributed by atoms with Crippen molar-refractivity contribution in [3.63, 3.8) is 0 Å². The van der Waals surface area contributed by atoms with Crippen LogP contribution in [0.1, 0.15) is 35.4 Å². The Kier molecular flexibility index (Phi) is 5.06. The van der Waals surface area contributed by atoms with Crippen LogP contribution in [0.2, 0.25) is 0 Å². The van der Waals surface area contributed by atoms with Crippen molar-refractivity contribution in [2.45, 2.75) is 26.2 Å². The summed E-state index contributed by atoms with van der Waals surface area (Å²) >= 11 is 0. The van der Waals surface area contributed by atoms with Gasteiger partial charge in [-0.25, -0.2) is 9.97 Å². The number of rotatable bonds is 4. The molecular formula is C17H23N7O. The Morgan fingerprint density at radius 1 is 1.08 bits per heavy atom. The highest BCUT2D eigenvalue weighted by Gasteiger charge is 2.18. The lowest BCUT2D eigenvalue weighted by molar-refractivity contribution is 0.102. The quantitative estimate of drug-likeness (QED) is 0.908. The molecule has 2 aromatic heterocycles. The number of aromatic nitrogens is 4. The van der Waals surface area contributed by atoms with E-state index < -0.39 is 0 Å². The molecule has 3 heterocycles. The highest BCUT2D eigenvalue weighted by Crippen LogP contribution is 2.25. The molecule has 1 aliphatic heterocycles. The maximum Gasteiger partial charge on any atom is 0.276 e. The lowest BCUT2D eigenvalue weighted by Gasteiger charge is -2.28. The summed E-state index contributed by atoms with van der Waals surface area (Å²) in [5.41, 5.74) is 1.58. The van der Waals surface area contributed by atoms with Crippen molar-refractivity contribution in [2.24, 2.45) is 0 Å². The summed E-state index contributed by atoms with van der Waals surface area (Å²) in [7, 11) is 3.79. The predicted molar refractivity (Wildman–Crippen MR) is 97.1 cm³/mol. The lowest BCUT2D eigenvalue weighted by atomic mass is 10.1. The van der Waals surface area contributed by atoms with Crippen molar-refractivity contribution in [1.29, 1.82) is 0 Å². The van der Waals surface area contributed by atoms with Gasteiger partial charge in [0.2, 0.25) is 5.95 Å². The first-order chi connectivity index (χ1) is 12.0. The van der Waals surface area contributed by atoms with E-state index in [0.29, 0.717) is 17.5 Å². The van der Waals surface area contributed by atoms with Gasteiger partial charge in [0.25, 0.3) is 5.91 Å². The van der Waals surface area contributed by atoms with Gasteiger partial charge in [-0.1, -0.05) is 0 Å². The van der Waals surface area contributed by atoms with Crippen LogP contribution >= 0.6 is 0 Å². The molecule has 1 fully saturated rings. The second kappa shape index (κ2) is 7.42. The summed E-state index contributed by atoms with van der Waals surface area (Å²) in [4.78, 5) is 33.7. The topological polar surface area (TPSA) is 87.1 Å². The number of carbonyl (C=O) groups excluding carboxylic acids is 1. The zero-order valence-corrected chi connectivity index (χ0v) is 14.9. The Labute approximate surface area is 147 Å². The minimum absolute atomic E-state index is 0.260. The van der Waals surface area contributed by atoms with Crippen LogP contribution in [0.25, 0.3) is 0 Å². The molecule has 132 valence electrons. The smallest absolute Gasteiger partial charge is 0.276 e. The zero-order valence-electron chi connectivity index (χ0n) is 14.9. The van der Waals surface area contributed by atoms with Crippen LogP contribution in [-0.2, 0) is 0 Å². The van der Waals surface area contributed by atoms with E-state index in [1.54, 1.807) is 12.4 Å². The molecule has 0 radical (unpaired) electrons. The van der Waals surface area contributed by atoms with E-state index in [0.717, 1.165) is 31.6 Å². The minimum atomic E-state index is -0.329. The van der Waals surface area contributed by atoms with Crippen LogP contribution in [0.15, 0.2) is 18.6 Å². The molecule has 0 bridgehead atoms. The molecule has 1 saturated heterocycles. The summed E-state index contributed by atoms with van der Waals surface area (Å²) < 4.78 is 0. The standard InChI is InChI=1S/C17H23N7O/c1-12-9-19-14(11-18-12)16(25)21-13-10-20-17(22-15(13)23(2)3)24-7-5-4-6-8-24/h9-11H,4-8H2,1-3H3,(H,21,25). The van der Waals surface area contributed by atoms with Crippen molar-refractivity contribution in [2.75, 3.05) is 42.3 Å². The van der Waals surface area contributed by atoms with E-state index in [1.165, 1.54) is 12.6 Å². The van der Waals surface area contributed by atoms with Gasteiger partial charge < -0.3 is 15.1 Å². The summed E-state index contributed by atoms with van der Waals surface area (Å²) in [6.45, 7) is 3.76. The molecule has 0 unspecified atom stereocenters. The largest absolute Gasteiger partial charge is 0.361 e. The third-order valence-electron chi connectivity index (χ3n) is 4.08. The first-order valence-electron chi connectivity index (χ1n) is 8.44. The SMILES string of the molecule is Cc1cnc(C(=O)Nc2cnc(N3CCCCC3)nc2N(C)C)cn1. The molecule has 1 amide bonds. The molecule has 3 rings (SSSR count). The first-order valence-corrected chi connectivity index (χ1v) is 8.44. The highest BCUT2D eigenvalue weighted by atomic mass is 16.1. The number of anilines is 3. The first kappa shape index (κ1) is 17.1. The fourth-order valence-corrected chi connectivity index (χ4v) is 2.74. The molecule has 0 aromatic carbocycles. The van der Waals surface area contributed by atoms with E-state index in [-0.39, 0.29) is 11.6 Å². The van der Waals surface area contributed by atoms with Crippen molar-refractivity contribution in [3.05, 3.63) is 30.0 Å². The number of nitrogens with one attached hydrogen (secondary N) is 1. The second-order valence-corrected chi connectivity index (χ2v) is 6.35. The maximum absolute atomic E-state index is 12.4. The summed E-state index contributed by atoms with van der Waals surface area (Å²) in [6, 6.07) is 0. The summed E-state index contributed by atoms with van der Waals surface area (Å²) in [6.07, 6.45) is 8.26. The number of hydrogen-bond acceptors (Lipinski definition) is 7. The van der Waals surface area contributed by atoms with Gasteiger partial charge in [-0.3, -0.25) is 9.78 Å². The molecule has 25 heavy (non-hydrogen) atoms. The van der Waals surface area contributed by atoms with Gasteiger partial charge in [-0.05, 0) is 26.2 Å². The fraction of sp³-hybridized carbons (Fsp3) is 0.471.